The lowest BCUT2D eigenvalue weighted by atomic mass is 9.41. The first kappa shape index (κ1) is 28.7. The van der Waals surface area contributed by atoms with Gasteiger partial charge in [0.15, 0.2) is 11.6 Å². The number of rotatable bonds is 6. The number of ether oxygens (including phenoxy) is 3. The van der Waals surface area contributed by atoms with Crippen molar-refractivity contribution in [1.82, 2.24) is 15.0 Å². The van der Waals surface area contributed by atoms with Crippen LogP contribution in [-0.4, -0.2) is 62.5 Å². The van der Waals surface area contributed by atoms with E-state index in [-0.39, 0.29) is 23.4 Å². The lowest BCUT2D eigenvalue weighted by Crippen LogP contribution is -2.75. The van der Waals surface area contributed by atoms with E-state index < -0.39 is 34.3 Å². The zero-order valence-corrected chi connectivity index (χ0v) is 25.1. The van der Waals surface area contributed by atoms with Crippen molar-refractivity contribution in [3.63, 3.8) is 0 Å². The second-order valence-electron chi connectivity index (χ2n) is 12.8. The molecular formula is C33H39N3O6. The second-order valence-corrected chi connectivity index (χ2v) is 12.8. The van der Waals surface area contributed by atoms with Gasteiger partial charge in [0.25, 0.3) is 0 Å². The fourth-order valence-corrected chi connectivity index (χ4v) is 8.42. The Balaban J connectivity index is 1.58. The maximum atomic E-state index is 13.5. The van der Waals surface area contributed by atoms with Gasteiger partial charge in [0, 0.05) is 58.9 Å². The molecule has 3 aliphatic carbocycles. The van der Waals surface area contributed by atoms with Crippen LogP contribution in [0.2, 0.25) is 0 Å². The lowest BCUT2D eigenvalue weighted by Gasteiger charge is -2.67. The fourth-order valence-electron chi connectivity index (χ4n) is 8.42. The Morgan fingerprint density at radius 1 is 1.14 bits per heavy atom. The summed E-state index contributed by atoms with van der Waals surface area (Å²) in [5, 5.41) is 14.6. The van der Waals surface area contributed by atoms with Crippen molar-refractivity contribution in [2.75, 3.05) is 7.11 Å². The predicted octanol–water partition coefficient (Wildman–Crippen LogP) is 4.83. The summed E-state index contributed by atoms with van der Waals surface area (Å²) in [7, 11) is 1.53. The van der Waals surface area contributed by atoms with Gasteiger partial charge in [-0.2, -0.15) is 0 Å². The van der Waals surface area contributed by atoms with Gasteiger partial charge in [0.2, 0.25) is 0 Å². The number of benzene rings is 1. The molecule has 1 aromatic carbocycles. The third-order valence-corrected chi connectivity index (χ3v) is 10.5. The number of ketones is 1. The molecule has 2 N–H and O–H groups in total. The third-order valence-electron chi connectivity index (χ3n) is 10.5. The predicted molar refractivity (Wildman–Crippen MR) is 156 cm³/mol. The van der Waals surface area contributed by atoms with Crippen molar-refractivity contribution in [3.8, 4) is 0 Å². The lowest BCUT2D eigenvalue weighted by molar-refractivity contribution is -0.294. The molecule has 0 spiro atoms. The highest BCUT2D eigenvalue weighted by Gasteiger charge is 2.76. The van der Waals surface area contributed by atoms with Crippen LogP contribution in [0.3, 0.4) is 0 Å². The topological polar surface area (TPSA) is 124 Å². The molecule has 2 saturated carbocycles. The highest BCUT2D eigenvalue weighted by molar-refractivity contribution is 5.90. The number of methoxy groups -OCH3 is 1. The monoisotopic (exact) mass is 573 g/mol. The summed E-state index contributed by atoms with van der Waals surface area (Å²) in [6.07, 6.45) is 6.33. The van der Waals surface area contributed by atoms with Crippen molar-refractivity contribution < 1.29 is 28.9 Å². The molecule has 0 radical (unpaired) electrons. The number of nitrogens with one attached hydrogen (secondary N) is 1. The van der Waals surface area contributed by atoms with Crippen molar-refractivity contribution in [2.24, 2.45) is 11.3 Å². The molecule has 0 bridgehead atoms. The van der Waals surface area contributed by atoms with Crippen LogP contribution in [0.25, 0.3) is 10.9 Å². The molecule has 2 heterocycles. The van der Waals surface area contributed by atoms with Crippen molar-refractivity contribution in [3.05, 3.63) is 71.5 Å². The Kier molecular flexibility index (Phi) is 6.72. The Labute approximate surface area is 245 Å². The maximum absolute atomic E-state index is 13.5. The number of carbonyl (C=O) groups excluding carboxylic acids is 2. The highest BCUT2D eigenvalue weighted by Crippen LogP contribution is 2.70. The Morgan fingerprint density at radius 3 is 2.52 bits per heavy atom. The van der Waals surface area contributed by atoms with E-state index in [4.69, 9.17) is 14.2 Å². The van der Waals surface area contributed by atoms with E-state index in [0.29, 0.717) is 24.8 Å². The summed E-state index contributed by atoms with van der Waals surface area (Å²) in [6.45, 7) is 9.50. The summed E-state index contributed by atoms with van der Waals surface area (Å²) < 4.78 is 18.8. The molecule has 0 amide bonds. The van der Waals surface area contributed by atoms with E-state index in [0.717, 1.165) is 23.0 Å². The SMILES string of the molecule is CO[C@]1(OC(C)C)CC[C@]2(C)[C@@]3(C)c4[nH]c5ccccc5c4C[C@@H]3C[C@H](OC(=O)c3cncnc3)[C@@]2(O)/C1=C/C(C)=O. The van der Waals surface area contributed by atoms with Crippen molar-refractivity contribution in [1.29, 1.82) is 0 Å². The summed E-state index contributed by atoms with van der Waals surface area (Å²) in [4.78, 5) is 38.0. The van der Waals surface area contributed by atoms with E-state index in [2.05, 4.69) is 40.9 Å². The standard InChI is InChI=1S/C33H39N3O6/c1-19(2)42-32(40-6)12-11-30(4)31(5)22(14-24-23-9-7-8-10-25(23)36-28(24)31)15-27(33(30,39)26(32)13-20(3)37)41-29(38)21-16-34-18-35-17-21/h7-10,13,16-19,22,27,36,39H,11-12,14-15H2,1-6H3/b26-13+/t22-,27+,30-,31-,32+,33+/m1/s1. The number of H-pyrrole nitrogens is 1. The number of hydrogen-bond donors (Lipinski definition) is 2. The summed E-state index contributed by atoms with van der Waals surface area (Å²) in [5.74, 6) is -2.23. The smallest absolute Gasteiger partial charge is 0.341 e. The van der Waals surface area contributed by atoms with Crippen LogP contribution in [-0.2, 0) is 30.8 Å². The first-order chi connectivity index (χ1) is 19.9. The van der Waals surface area contributed by atoms with Crippen LogP contribution in [0.1, 0.15) is 75.5 Å². The van der Waals surface area contributed by atoms with Gasteiger partial charge in [0.05, 0.1) is 11.7 Å². The van der Waals surface area contributed by atoms with Gasteiger partial charge in [-0.05, 0) is 63.7 Å². The Hall–Kier alpha value is -3.40. The van der Waals surface area contributed by atoms with Crippen molar-refractivity contribution in [2.45, 2.75) is 89.3 Å². The maximum Gasteiger partial charge on any atom is 0.341 e. The fraction of sp³-hybridized carbons (Fsp3) is 0.515. The molecule has 2 fully saturated rings. The molecular weight excluding hydrogens is 534 g/mol. The first-order valence-electron chi connectivity index (χ1n) is 14.7. The minimum Gasteiger partial charge on any atom is -0.455 e. The van der Waals surface area contributed by atoms with Gasteiger partial charge < -0.3 is 24.3 Å². The van der Waals surface area contributed by atoms with E-state index in [1.54, 1.807) is 0 Å². The van der Waals surface area contributed by atoms with Gasteiger partial charge in [-0.25, -0.2) is 14.8 Å². The molecule has 9 nitrogen and oxygen atoms in total. The molecule has 6 rings (SSSR count). The molecule has 6 atom stereocenters. The third kappa shape index (κ3) is 3.79. The minimum absolute atomic E-state index is 0.0538. The first-order valence-corrected chi connectivity index (χ1v) is 14.7. The quantitative estimate of drug-likeness (QED) is 0.244. The summed E-state index contributed by atoms with van der Waals surface area (Å²) in [6, 6.07) is 8.25. The van der Waals surface area contributed by atoms with E-state index in [1.165, 1.54) is 44.4 Å². The zero-order chi connectivity index (χ0) is 30.1. The van der Waals surface area contributed by atoms with Crippen LogP contribution in [0.15, 0.2) is 54.6 Å². The van der Waals surface area contributed by atoms with E-state index in [1.807, 2.05) is 26.0 Å². The molecule has 0 unspecified atom stereocenters. The number of aromatic amines is 1. The number of nitrogens with zero attached hydrogens (tertiary/aromatic N) is 2. The van der Waals surface area contributed by atoms with E-state index >= 15 is 0 Å². The van der Waals surface area contributed by atoms with Crippen LogP contribution in [0, 0.1) is 11.3 Å². The molecule has 9 heteroatoms. The Bertz CT molecular complexity index is 1580. The number of para-hydroxylation sites is 1. The minimum atomic E-state index is -1.82. The summed E-state index contributed by atoms with van der Waals surface area (Å²) in [5.41, 5.74) is 0.576. The van der Waals surface area contributed by atoms with Crippen molar-refractivity contribution >= 4 is 22.7 Å². The average molecular weight is 574 g/mol. The molecule has 0 aliphatic heterocycles. The molecule has 0 saturated heterocycles. The largest absolute Gasteiger partial charge is 0.455 e. The normalized spacial score (nSPS) is 34.7. The van der Waals surface area contributed by atoms with Crippen LogP contribution >= 0.6 is 0 Å². The molecule has 3 aromatic rings. The molecule has 222 valence electrons. The number of aromatic nitrogens is 3. The van der Waals surface area contributed by atoms with Crippen LogP contribution < -0.4 is 0 Å². The Morgan fingerprint density at radius 2 is 1.86 bits per heavy atom. The number of aliphatic hydroxyl groups is 1. The number of esters is 1. The average Bonchev–Trinajstić information content (AvgIpc) is 3.47. The highest BCUT2D eigenvalue weighted by atomic mass is 16.7. The van der Waals surface area contributed by atoms with Crippen LogP contribution in [0.5, 0.6) is 0 Å². The van der Waals surface area contributed by atoms with Gasteiger partial charge in [-0.15, -0.1) is 0 Å². The number of hydrogen-bond acceptors (Lipinski definition) is 8. The van der Waals surface area contributed by atoms with Gasteiger partial charge in [-0.3, -0.25) is 4.79 Å². The zero-order valence-electron chi connectivity index (χ0n) is 25.1. The summed E-state index contributed by atoms with van der Waals surface area (Å²) >= 11 is 0. The molecule has 42 heavy (non-hydrogen) atoms. The second kappa shape index (κ2) is 9.82. The number of carbonyl (C=O) groups is 2. The van der Waals surface area contributed by atoms with Gasteiger partial charge in [0.1, 0.15) is 18.0 Å². The van der Waals surface area contributed by atoms with Gasteiger partial charge >= 0.3 is 5.97 Å². The number of fused-ring (bicyclic) bond motifs is 7. The molecule has 3 aliphatic rings. The molecule has 2 aromatic heterocycles. The van der Waals surface area contributed by atoms with Crippen LogP contribution in [0.4, 0.5) is 0 Å². The van der Waals surface area contributed by atoms with Gasteiger partial charge in [-0.1, -0.05) is 32.0 Å². The van der Waals surface area contributed by atoms with E-state index in [9.17, 15) is 14.7 Å². The number of allylic oxidation sites excluding steroid dienone is 1.